The van der Waals surface area contributed by atoms with E-state index in [0.717, 1.165) is 11.6 Å². The monoisotopic (exact) mass is 320 g/mol. The fourth-order valence-electron chi connectivity index (χ4n) is 1.94. The highest BCUT2D eigenvalue weighted by atomic mass is 16.5. The molecule has 6 nitrogen and oxygen atoms in total. The first-order valence-corrected chi connectivity index (χ1v) is 7.34. The Hall–Kier alpha value is -2.63. The second-order valence-electron chi connectivity index (χ2n) is 4.62. The summed E-state index contributed by atoms with van der Waals surface area (Å²) >= 11 is 0. The molecular weight excluding hydrogens is 300 g/mol. The molecule has 0 aliphatic carbocycles. The number of aliphatic carboxylic acids is 1. The molecule has 0 atom stereocenters. The van der Waals surface area contributed by atoms with Gasteiger partial charge in [-0.1, -0.05) is 12.1 Å². The molecule has 0 saturated heterocycles. The summed E-state index contributed by atoms with van der Waals surface area (Å²) in [6, 6.07) is 4.95. The van der Waals surface area contributed by atoms with E-state index in [9.17, 15) is 14.4 Å². The van der Waals surface area contributed by atoms with E-state index in [0.29, 0.717) is 18.6 Å². The minimum absolute atomic E-state index is 0.217. The third kappa shape index (κ3) is 6.34. The Balaban J connectivity index is 2.99. The zero-order valence-corrected chi connectivity index (χ0v) is 13.2. The van der Waals surface area contributed by atoms with Crippen LogP contribution < -0.4 is 0 Å². The Kier molecular flexibility index (Phi) is 7.53. The lowest BCUT2D eigenvalue weighted by atomic mass is 10.0. The van der Waals surface area contributed by atoms with Crippen LogP contribution in [0.4, 0.5) is 0 Å². The van der Waals surface area contributed by atoms with Gasteiger partial charge in [0.05, 0.1) is 18.8 Å². The van der Waals surface area contributed by atoms with E-state index in [-0.39, 0.29) is 24.6 Å². The average Bonchev–Trinajstić information content (AvgIpc) is 2.51. The summed E-state index contributed by atoms with van der Waals surface area (Å²) in [6.45, 7) is 3.98. The number of esters is 2. The Morgan fingerprint density at radius 3 is 2.43 bits per heavy atom. The van der Waals surface area contributed by atoms with Crippen molar-refractivity contribution in [2.75, 3.05) is 13.2 Å². The van der Waals surface area contributed by atoms with Crippen LogP contribution in [0, 0.1) is 0 Å². The number of carbonyl (C=O) groups excluding carboxylic acids is 2. The minimum atomic E-state index is -1.11. The SMILES string of the molecule is CCOC(=O)CCc1ccc(C(=O)OCC)c(/C=C/C(=O)O)c1. The number of hydrogen-bond acceptors (Lipinski definition) is 5. The molecule has 124 valence electrons. The van der Waals surface area contributed by atoms with Crippen molar-refractivity contribution in [2.45, 2.75) is 26.7 Å². The maximum absolute atomic E-state index is 11.9. The summed E-state index contributed by atoms with van der Waals surface area (Å²) < 4.78 is 9.81. The molecule has 0 heterocycles. The fraction of sp³-hybridized carbons (Fsp3) is 0.353. The fourth-order valence-corrected chi connectivity index (χ4v) is 1.94. The van der Waals surface area contributed by atoms with Gasteiger partial charge >= 0.3 is 17.9 Å². The van der Waals surface area contributed by atoms with Crippen molar-refractivity contribution in [3.63, 3.8) is 0 Å². The molecule has 0 amide bonds. The van der Waals surface area contributed by atoms with E-state index in [1.165, 1.54) is 6.08 Å². The van der Waals surface area contributed by atoms with Crippen LogP contribution in [0.25, 0.3) is 6.08 Å². The van der Waals surface area contributed by atoms with Crippen molar-refractivity contribution in [3.8, 4) is 0 Å². The average molecular weight is 320 g/mol. The first-order chi connectivity index (χ1) is 11.0. The van der Waals surface area contributed by atoms with Gasteiger partial charge in [0.15, 0.2) is 0 Å². The third-order valence-corrected chi connectivity index (χ3v) is 2.94. The van der Waals surface area contributed by atoms with Crippen LogP contribution in [0.1, 0.15) is 41.8 Å². The number of ether oxygens (including phenoxy) is 2. The topological polar surface area (TPSA) is 89.9 Å². The van der Waals surface area contributed by atoms with E-state index >= 15 is 0 Å². The van der Waals surface area contributed by atoms with Crippen LogP contribution in [0.3, 0.4) is 0 Å². The van der Waals surface area contributed by atoms with Crippen molar-refractivity contribution in [2.24, 2.45) is 0 Å². The summed E-state index contributed by atoms with van der Waals surface area (Å²) in [5.74, 6) is -1.93. The normalized spacial score (nSPS) is 10.5. The van der Waals surface area contributed by atoms with Crippen LogP contribution in [-0.2, 0) is 25.5 Å². The number of carboxylic acids is 1. The zero-order valence-electron chi connectivity index (χ0n) is 13.2. The van der Waals surface area contributed by atoms with Crippen LogP contribution in [-0.4, -0.2) is 36.2 Å². The molecule has 0 radical (unpaired) electrons. The largest absolute Gasteiger partial charge is 0.478 e. The smallest absolute Gasteiger partial charge is 0.338 e. The van der Waals surface area contributed by atoms with Crippen molar-refractivity contribution in [3.05, 3.63) is 41.0 Å². The quantitative estimate of drug-likeness (QED) is 0.584. The molecule has 0 saturated carbocycles. The molecule has 0 unspecified atom stereocenters. The van der Waals surface area contributed by atoms with E-state index in [4.69, 9.17) is 14.6 Å². The summed E-state index contributed by atoms with van der Waals surface area (Å²) in [5, 5.41) is 8.75. The molecule has 0 aromatic heterocycles. The highest BCUT2D eigenvalue weighted by Gasteiger charge is 2.12. The standard InChI is InChI=1S/C17H20O6/c1-3-22-16(20)10-6-12-5-8-14(17(21)23-4-2)13(11-12)7-9-15(18)19/h5,7-9,11H,3-4,6,10H2,1-2H3,(H,18,19)/b9-7+. The van der Waals surface area contributed by atoms with E-state index < -0.39 is 11.9 Å². The minimum Gasteiger partial charge on any atom is -0.478 e. The molecule has 0 bridgehead atoms. The molecule has 1 N–H and O–H groups in total. The molecule has 0 aliphatic rings. The van der Waals surface area contributed by atoms with Gasteiger partial charge in [0, 0.05) is 12.5 Å². The van der Waals surface area contributed by atoms with Crippen LogP contribution in [0.2, 0.25) is 0 Å². The van der Waals surface area contributed by atoms with Crippen molar-refractivity contribution in [1.82, 2.24) is 0 Å². The molecule has 1 aromatic carbocycles. The summed E-state index contributed by atoms with van der Waals surface area (Å²) in [4.78, 5) is 34.0. The molecule has 6 heteroatoms. The van der Waals surface area contributed by atoms with Gasteiger partial charge in [0.2, 0.25) is 0 Å². The molecule has 0 aliphatic heterocycles. The lowest BCUT2D eigenvalue weighted by molar-refractivity contribution is -0.143. The van der Waals surface area contributed by atoms with Gasteiger partial charge in [-0.3, -0.25) is 4.79 Å². The Bertz CT molecular complexity index is 603. The highest BCUT2D eigenvalue weighted by molar-refractivity contribution is 5.95. The second kappa shape index (κ2) is 9.40. The molecule has 23 heavy (non-hydrogen) atoms. The van der Waals surface area contributed by atoms with E-state index in [2.05, 4.69) is 0 Å². The van der Waals surface area contributed by atoms with Gasteiger partial charge in [-0.2, -0.15) is 0 Å². The molecule has 0 fully saturated rings. The van der Waals surface area contributed by atoms with Gasteiger partial charge in [0.1, 0.15) is 0 Å². The first kappa shape index (κ1) is 18.4. The summed E-state index contributed by atoms with van der Waals surface area (Å²) in [5.41, 5.74) is 1.52. The number of carboxylic acid groups (broad SMARTS) is 1. The van der Waals surface area contributed by atoms with Gasteiger partial charge in [-0.05, 0) is 43.5 Å². The predicted octanol–water partition coefficient (Wildman–Crippen LogP) is 2.46. The highest BCUT2D eigenvalue weighted by Crippen LogP contribution is 2.17. The maximum atomic E-state index is 11.9. The molecule has 0 spiro atoms. The van der Waals surface area contributed by atoms with Crippen LogP contribution in [0.15, 0.2) is 24.3 Å². The number of aryl methyl sites for hydroxylation is 1. The number of hydrogen-bond donors (Lipinski definition) is 1. The number of carbonyl (C=O) groups is 3. The third-order valence-electron chi connectivity index (χ3n) is 2.94. The van der Waals surface area contributed by atoms with Crippen LogP contribution >= 0.6 is 0 Å². The van der Waals surface area contributed by atoms with E-state index in [1.54, 1.807) is 32.0 Å². The Morgan fingerprint density at radius 2 is 1.83 bits per heavy atom. The molecule has 1 aromatic rings. The van der Waals surface area contributed by atoms with E-state index in [1.807, 2.05) is 0 Å². The van der Waals surface area contributed by atoms with Gasteiger partial charge in [0.25, 0.3) is 0 Å². The number of rotatable bonds is 8. The Morgan fingerprint density at radius 1 is 1.13 bits per heavy atom. The van der Waals surface area contributed by atoms with Gasteiger partial charge in [-0.15, -0.1) is 0 Å². The first-order valence-electron chi connectivity index (χ1n) is 7.34. The summed E-state index contributed by atoms with van der Waals surface area (Å²) in [7, 11) is 0. The zero-order chi connectivity index (χ0) is 17.2. The Labute approximate surface area is 134 Å². The van der Waals surface area contributed by atoms with Gasteiger partial charge in [-0.25, -0.2) is 9.59 Å². The molecule has 1 rings (SSSR count). The predicted molar refractivity (Wildman–Crippen MR) is 84.0 cm³/mol. The van der Waals surface area contributed by atoms with Crippen LogP contribution in [0.5, 0.6) is 0 Å². The van der Waals surface area contributed by atoms with Crippen molar-refractivity contribution >= 4 is 24.0 Å². The second-order valence-corrected chi connectivity index (χ2v) is 4.62. The lowest BCUT2D eigenvalue weighted by Gasteiger charge is -2.08. The number of benzene rings is 1. The van der Waals surface area contributed by atoms with Crippen molar-refractivity contribution in [1.29, 1.82) is 0 Å². The lowest BCUT2D eigenvalue weighted by Crippen LogP contribution is -2.08. The van der Waals surface area contributed by atoms with Gasteiger partial charge < -0.3 is 14.6 Å². The maximum Gasteiger partial charge on any atom is 0.338 e. The molecular formula is C17H20O6. The summed E-state index contributed by atoms with van der Waals surface area (Å²) in [6.07, 6.45) is 2.94. The van der Waals surface area contributed by atoms with Crippen molar-refractivity contribution < 1.29 is 29.0 Å².